The van der Waals surface area contributed by atoms with E-state index in [-0.39, 0.29) is 73.7 Å². The van der Waals surface area contributed by atoms with E-state index in [1.165, 1.54) is 180 Å². The first-order chi connectivity index (χ1) is 37.6. The molecule has 76 heavy (non-hydrogen) atoms. The number of ether oxygens (including phenoxy) is 4. The molecule has 5 saturated heterocycles. The van der Waals surface area contributed by atoms with Crippen molar-refractivity contribution < 1.29 is 18.9 Å². The van der Waals surface area contributed by atoms with Crippen LogP contribution in [0.5, 0.6) is 0 Å². The summed E-state index contributed by atoms with van der Waals surface area (Å²) >= 11 is 0. The zero-order chi connectivity index (χ0) is 52.3. The minimum atomic E-state index is 0.148. The van der Waals surface area contributed by atoms with Crippen molar-refractivity contribution in [3.63, 3.8) is 0 Å². The highest BCUT2D eigenvalue weighted by atomic mass is 16.5. The third kappa shape index (κ3) is 16.4. The molecule has 0 radical (unpaired) electrons. The van der Waals surface area contributed by atoms with Crippen LogP contribution in [0.4, 0.5) is 0 Å². The maximum Gasteiger partial charge on any atom is 0.0840 e. The van der Waals surface area contributed by atoms with Crippen LogP contribution < -0.4 is 42.5 Å². The molecule has 440 valence electrons. The number of hydrogen-bond donors (Lipinski definition) is 8. The number of nitrogens with one attached hydrogen (secondary N) is 8. The molecule has 9 fully saturated rings. The first kappa shape index (κ1) is 60.1. The predicted octanol–water partition coefficient (Wildman–Crippen LogP) is 12.0. The number of hydrogen-bond acceptors (Lipinski definition) is 12. The smallest absolute Gasteiger partial charge is 0.0840 e. The predicted molar refractivity (Wildman–Crippen MR) is 311 cm³/mol. The molecule has 0 spiro atoms. The van der Waals surface area contributed by atoms with Gasteiger partial charge in [-0.15, -0.1) is 0 Å². The Bertz CT molecular complexity index is 1360. The quantitative estimate of drug-likeness (QED) is 0.0305. The molecule has 9 rings (SSSR count). The third-order valence-corrected chi connectivity index (χ3v) is 21.3. The Balaban J connectivity index is 0.942. The van der Waals surface area contributed by atoms with E-state index >= 15 is 0 Å². The average molecular weight is 1070 g/mol. The molecule has 20 atom stereocenters. The molecule has 5 aliphatic heterocycles. The van der Waals surface area contributed by atoms with Gasteiger partial charge in [-0.05, 0) is 124 Å². The van der Waals surface area contributed by atoms with Gasteiger partial charge in [0, 0.05) is 26.4 Å². The van der Waals surface area contributed by atoms with Gasteiger partial charge in [0.1, 0.15) is 0 Å². The van der Waals surface area contributed by atoms with Gasteiger partial charge in [0.05, 0.1) is 73.7 Å². The molecule has 12 nitrogen and oxygen atoms in total. The van der Waals surface area contributed by atoms with Crippen LogP contribution in [0.25, 0.3) is 0 Å². The van der Waals surface area contributed by atoms with Gasteiger partial charge in [-0.1, -0.05) is 182 Å². The van der Waals surface area contributed by atoms with Crippen LogP contribution in [0.15, 0.2) is 0 Å². The summed E-state index contributed by atoms with van der Waals surface area (Å²) in [6, 6.07) is 0. The number of rotatable bonds is 32. The first-order valence-electron chi connectivity index (χ1n) is 34.1. The van der Waals surface area contributed by atoms with Crippen LogP contribution in [-0.2, 0) is 18.9 Å². The summed E-state index contributed by atoms with van der Waals surface area (Å²) in [7, 11) is 0. The fourth-order valence-corrected chi connectivity index (χ4v) is 17.0. The van der Waals surface area contributed by atoms with E-state index in [1.807, 2.05) is 0 Å². The largest absolute Gasteiger partial charge is 0.376 e. The highest BCUT2D eigenvalue weighted by Gasteiger charge is 2.57. The third-order valence-electron chi connectivity index (χ3n) is 21.3. The Morgan fingerprint density at radius 2 is 0.421 bits per heavy atom. The van der Waals surface area contributed by atoms with Crippen molar-refractivity contribution in [3.8, 4) is 0 Å². The molecule has 0 aromatic rings. The second-order valence-corrected chi connectivity index (χ2v) is 26.7. The standard InChI is InChI=1S/C64H120N8O4/c1-5-9-13-17-21-29-37-73-53-41-49-50(42-54(53)74-38-30-22-18-14-10-6-2)62-68-58-47-35-27-28-36-48(47)60(66-58)70-64-52-44-56(76-40-32-24-20-16-12-8-4)55(75-39-31-23-19-15-11-7-3)43-51(52)63(72-64)69-59-46-34-26-25-33-45(46)57(65-59)67-61(49)71-62/h45-72H,5-44H2,1-4H3. The van der Waals surface area contributed by atoms with Crippen LogP contribution >= 0.6 is 0 Å². The van der Waals surface area contributed by atoms with Crippen molar-refractivity contribution in [2.24, 2.45) is 47.3 Å². The molecule has 4 saturated carbocycles. The van der Waals surface area contributed by atoms with Crippen molar-refractivity contribution in [1.29, 1.82) is 0 Å². The lowest BCUT2D eigenvalue weighted by atomic mass is 9.74. The summed E-state index contributed by atoms with van der Waals surface area (Å²) < 4.78 is 28.2. The van der Waals surface area contributed by atoms with Gasteiger partial charge in [0.2, 0.25) is 0 Å². The summed E-state index contributed by atoms with van der Waals surface area (Å²) in [5.41, 5.74) is 0. The van der Waals surface area contributed by atoms with Gasteiger partial charge >= 0.3 is 0 Å². The van der Waals surface area contributed by atoms with Crippen LogP contribution in [0.2, 0.25) is 0 Å². The lowest BCUT2D eigenvalue weighted by Gasteiger charge is -2.41. The van der Waals surface area contributed by atoms with Crippen LogP contribution in [0.3, 0.4) is 0 Å². The van der Waals surface area contributed by atoms with E-state index in [9.17, 15) is 0 Å². The Kier molecular flexibility index (Phi) is 25.6. The number of unbranched alkanes of at least 4 members (excludes halogenated alkanes) is 20. The Labute approximate surface area is 466 Å². The second-order valence-electron chi connectivity index (χ2n) is 26.7. The van der Waals surface area contributed by atoms with E-state index < -0.39 is 0 Å². The highest BCUT2D eigenvalue weighted by molar-refractivity contribution is 5.10. The topological polar surface area (TPSA) is 133 Å². The maximum absolute atomic E-state index is 7.05. The van der Waals surface area contributed by atoms with Crippen molar-refractivity contribution in [1.82, 2.24) is 42.5 Å². The van der Waals surface area contributed by atoms with Crippen LogP contribution in [0, 0.1) is 47.3 Å². The second kappa shape index (κ2) is 32.4. The van der Waals surface area contributed by atoms with Gasteiger partial charge < -0.3 is 18.9 Å². The molecular weight excluding hydrogens is 945 g/mol. The van der Waals surface area contributed by atoms with Crippen molar-refractivity contribution in [3.05, 3.63) is 0 Å². The van der Waals surface area contributed by atoms with Crippen molar-refractivity contribution in [2.45, 2.75) is 333 Å². The van der Waals surface area contributed by atoms with E-state index in [0.717, 1.165) is 77.8 Å². The summed E-state index contributed by atoms with van der Waals surface area (Å²) in [4.78, 5) is 0. The summed E-state index contributed by atoms with van der Waals surface area (Å²) in [5.74, 6) is 4.31. The van der Waals surface area contributed by atoms with Gasteiger partial charge in [-0.3, -0.25) is 42.5 Å². The Hall–Kier alpha value is -0.480. The van der Waals surface area contributed by atoms with Gasteiger partial charge in [0.25, 0.3) is 0 Å². The molecule has 8 bridgehead atoms. The molecule has 5 heterocycles. The molecule has 4 aliphatic carbocycles. The molecule has 9 aliphatic rings. The molecular formula is C64H120N8O4. The lowest BCUT2D eigenvalue weighted by Crippen LogP contribution is -2.61. The maximum atomic E-state index is 7.05. The molecule has 12 heteroatoms. The average Bonchev–Trinajstić information content (AvgIpc) is 4.17. The van der Waals surface area contributed by atoms with Gasteiger partial charge in [-0.25, -0.2) is 0 Å². The fraction of sp³-hybridized carbons (Fsp3) is 1.00. The van der Waals surface area contributed by atoms with E-state index in [4.69, 9.17) is 18.9 Å². The van der Waals surface area contributed by atoms with Crippen molar-refractivity contribution >= 4 is 0 Å². The highest BCUT2D eigenvalue weighted by Crippen LogP contribution is 2.47. The SMILES string of the molecule is CCCCCCCCOC1CC2C3NC4NC(NC5NC(NC6NC(NC(N3)C2CC1OCCCCCCCC)C1CCCCC61)C1CC(OCCCCCCCC)C(OCCCCCCCC)CC51)C1CCCCC41. The minimum Gasteiger partial charge on any atom is -0.376 e. The van der Waals surface area contributed by atoms with E-state index in [0.29, 0.717) is 47.3 Å². The summed E-state index contributed by atoms with van der Waals surface area (Å²) in [5, 5.41) is 35.1. The van der Waals surface area contributed by atoms with Crippen molar-refractivity contribution in [2.75, 3.05) is 26.4 Å². The Morgan fingerprint density at radius 3 is 0.632 bits per heavy atom. The van der Waals surface area contributed by atoms with E-state index in [2.05, 4.69) is 70.2 Å². The molecule has 20 unspecified atom stereocenters. The fourth-order valence-electron chi connectivity index (χ4n) is 17.0. The van der Waals surface area contributed by atoms with Gasteiger partial charge in [0.15, 0.2) is 0 Å². The summed E-state index contributed by atoms with van der Waals surface area (Å²) in [6.45, 7) is 12.7. The monoisotopic (exact) mass is 1060 g/mol. The van der Waals surface area contributed by atoms with Crippen LogP contribution in [-0.4, -0.2) is 100 Å². The zero-order valence-corrected chi connectivity index (χ0v) is 49.5. The molecule has 8 N–H and O–H groups in total. The molecule has 0 aromatic carbocycles. The van der Waals surface area contributed by atoms with E-state index in [1.54, 1.807) is 0 Å². The number of fused-ring (bicyclic) bond motifs is 20. The lowest BCUT2D eigenvalue weighted by molar-refractivity contribution is -0.118. The Morgan fingerprint density at radius 1 is 0.237 bits per heavy atom. The van der Waals surface area contributed by atoms with Crippen LogP contribution in [0.1, 0.15) is 259 Å². The van der Waals surface area contributed by atoms with Gasteiger partial charge in [-0.2, -0.15) is 0 Å². The summed E-state index contributed by atoms with van der Waals surface area (Å²) in [6.07, 6.45) is 48.3. The normalized spacial score (nSPS) is 39.9. The molecule has 0 aromatic heterocycles. The minimum absolute atomic E-state index is 0.148. The zero-order valence-electron chi connectivity index (χ0n) is 49.5. The first-order valence-corrected chi connectivity index (χ1v) is 34.1. The molecule has 0 amide bonds.